The van der Waals surface area contributed by atoms with Gasteiger partial charge in [-0.05, 0) is 19.8 Å². The molecule has 0 bridgehead atoms. The Labute approximate surface area is 67.9 Å². The molecule has 1 unspecified atom stereocenters. The minimum Gasteiger partial charge on any atom is -0.367 e. The van der Waals surface area contributed by atoms with Crippen molar-refractivity contribution in [2.45, 2.75) is 39.9 Å². The summed E-state index contributed by atoms with van der Waals surface area (Å²) in [5.74, 6) is 0.00861. The second-order valence-corrected chi connectivity index (χ2v) is 3.13. The van der Waals surface area contributed by atoms with E-state index in [1.54, 1.807) is 6.92 Å². The van der Waals surface area contributed by atoms with Gasteiger partial charge in [-0.1, -0.05) is 13.8 Å². The Bertz CT molecular complexity index is 134. The van der Waals surface area contributed by atoms with Crippen LogP contribution < -0.4 is 5.73 Å². The van der Waals surface area contributed by atoms with E-state index in [-0.39, 0.29) is 6.10 Å². The summed E-state index contributed by atoms with van der Waals surface area (Å²) in [6.45, 7) is 7.68. The number of amides is 1. The Morgan fingerprint density at radius 3 is 2.00 bits per heavy atom. The fraction of sp³-hybridized carbons (Fsp3) is 0.875. The fourth-order valence-corrected chi connectivity index (χ4v) is 0.546. The normalized spacial score (nSPS) is 16.5. The molecular formula is C8H17NO2. The van der Waals surface area contributed by atoms with Crippen molar-refractivity contribution >= 4 is 5.91 Å². The molecule has 3 nitrogen and oxygen atoms in total. The quantitative estimate of drug-likeness (QED) is 0.663. The van der Waals surface area contributed by atoms with E-state index in [1.165, 1.54) is 0 Å². The van der Waals surface area contributed by atoms with Gasteiger partial charge in [0.25, 0.3) is 0 Å². The number of carbonyl (C=O) groups is 1. The lowest BCUT2D eigenvalue weighted by Crippen LogP contribution is -2.32. The van der Waals surface area contributed by atoms with Crippen molar-refractivity contribution in [3.05, 3.63) is 0 Å². The summed E-state index contributed by atoms with van der Waals surface area (Å²) in [7, 11) is 0. The molecule has 0 spiro atoms. The summed E-state index contributed by atoms with van der Waals surface area (Å²) in [5, 5.41) is 0. The molecule has 0 aromatic carbocycles. The highest BCUT2D eigenvalue weighted by Crippen LogP contribution is 2.07. The maximum absolute atomic E-state index is 10.6. The number of primary amides is 1. The third kappa shape index (κ3) is 3.98. The summed E-state index contributed by atoms with van der Waals surface area (Å²) >= 11 is 0. The van der Waals surface area contributed by atoms with Gasteiger partial charge in [0.1, 0.15) is 6.10 Å². The maximum Gasteiger partial charge on any atom is 0.246 e. The summed E-state index contributed by atoms with van der Waals surface area (Å²) < 4.78 is 5.30. The highest BCUT2D eigenvalue weighted by molar-refractivity contribution is 5.78. The van der Waals surface area contributed by atoms with Crippen molar-refractivity contribution in [3.63, 3.8) is 0 Å². The first-order chi connectivity index (χ1) is 4.95. The highest BCUT2D eigenvalue weighted by atomic mass is 16.5. The van der Waals surface area contributed by atoms with Crippen LogP contribution in [0.2, 0.25) is 0 Å². The van der Waals surface area contributed by atoms with Gasteiger partial charge >= 0.3 is 0 Å². The summed E-state index contributed by atoms with van der Waals surface area (Å²) in [6, 6.07) is 0. The lowest BCUT2D eigenvalue weighted by atomic mass is 10.1. The molecule has 0 saturated heterocycles. The number of ether oxygens (including phenoxy) is 1. The van der Waals surface area contributed by atoms with E-state index in [4.69, 9.17) is 10.5 Å². The van der Waals surface area contributed by atoms with Crippen molar-refractivity contribution in [1.82, 2.24) is 0 Å². The van der Waals surface area contributed by atoms with Gasteiger partial charge in [-0.2, -0.15) is 0 Å². The van der Waals surface area contributed by atoms with E-state index in [9.17, 15) is 4.79 Å². The molecule has 0 radical (unpaired) electrons. The van der Waals surface area contributed by atoms with Gasteiger partial charge in [0, 0.05) is 0 Å². The van der Waals surface area contributed by atoms with E-state index in [1.807, 2.05) is 20.8 Å². The van der Waals surface area contributed by atoms with Crippen LogP contribution in [0.15, 0.2) is 0 Å². The molecule has 0 rings (SSSR count). The Morgan fingerprint density at radius 1 is 1.27 bits per heavy atom. The Kier molecular flexibility index (Phi) is 4.11. The zero-order chi connectivity index (χ0) is 9.02. The standard InChI is InChI=1S/C8H17NO2/c1-5(2)6(3)11-7(4)8(9)10/h5-7H,1-4H3,(H2,9,10)/t6-,7?/m1/s1. The number of carbonyl (C=O) groups excluding carboxylic acids is 1. The molecule has 0 fully saturated rings. The van der Waals surface area contributed by atoms with Crippen LogP contribution in [0.5, 0.6) is 0 Å². The van der Waals surface area contributed by atoms with Crippen LogP contribution in [0.3, 0.4) is 0 Å². The average molecular weight is 159 g/mol. The lowest BCUT2D eigenvalue weighted by molar-refractivity contribution is -0.132. The van der Waals surface area contributed by atoms with Crippen LogP contribution >= 0.6 is 0 Å². The van der Waals surface area contributed by atoms with Crippen molar-refractivity contribution in [2.75, 3.05) is 0 Å². The molecule has 66 valence electrons. The van der Waals surface area contributed by atoms with E-state index < -0.39 is 12.0 Å². The number of hydrogen-bond donors (Lipinski definition) is 1. The zero-order valence-corrected chi connectivity index (χ0v) is 7.63. The Morgan fingerprint density at radius 2 is 1.73 bits per heavy atom. The van der Waals surface area contributed by atoms with Gasteiger partial charge in [-0.15, -0.1) is 0 Å². The molecule has 0 saturated carbocycles. The van der Waals surface area contributed by atoms with Crippen molar-refractivity contribution in [2.24, 2.45) is 11.7 Å². The van der Waals surface area contributed by atoms with E-state index in [0.29, 0.717) is 5.92 Å². The van der Waals surface area contributed by atoms with Crippen LogP contribution in [-0.2, 0) is 9.53 Å². The maximum atomic E-state index is 10.6. The van der Waals surface area contributed by atoms with Gasteiger partial charge in [0.15, 0.2) is 0 Å². The fourth-order valence-electron chi connectivity index (χ4n) is 0.546. The first-order valence-corrected chi connectivity index (χ1v) is 3.90. The van der Waals surface area contributed by atoms with Crippen LogP contribution in [-0.4, -0.2) is 18.1 Å². The monoisotopic (exact) mass is 159 g/mol. The largest absolute Gasteiger partial charge is 0.367 e. The third-order valence-electron chi connectivity index (χ3n) is 1.76. The molecule has 1 amide bonds. The third-order valence-corrected chi connectivity index (χ3v) is 1.76. The van der Waals surface area contributed by atoms with Crippen molar-refractivity contribution < 1.29 is 9.53 Å². The van der Waals surface area contributed by atoms with Crippen LogP contribution in [0.1, 0.15) is 27.7 Å². The molecule has 3 heteroatoms. The van der Waals surface area contributed by atoms with E-state index in [2.05, 4.69) is 0 Å². The zero-order valence-electron chi connectivity index (χ0n) is 7.63. The van der Waals surface area contributed by atoms with Crippen molar-refractivity contribution in [1.29, 1.82) is 0 Å². The first-order valence-electron chi connectivity index (χ1n) is 3.90. The topological polar surface area (TPSA) is 52.3 Å². The average Bonchev–Trinajstić information content (AvgIpc) is 1.87. The first kappa shape index (κ1) is 10.4. The number of hydrogen-bond acceptors (Lipinski definition) is 2. The molecule has 0 aromatic heterocycles. The van der Waals surface area contributed by atoms with Gasteiger partial charge in [-0.25, -0.2) is 0 Å². The predicted octanol–water partition coefficient (Wildman–Crippen LogP) is 0.921. The summed E-state index contributed by atoms with van der Waals surface area (Å²) in [4.78, 5) is 10.6. The SMILES string of the molecule is CC(O[C@H](C)C(C)C)C(N)=O. The minimum absolute atomic E-state index is 0.0810. The second-order valence-electron chi connectivity index (χ2n) is 3.13. The number of nitrogens with two attached hydrogens (primary N) is 1. The molecule has 0 aromatic rings. The smallest absolute Gasteiger partial charge is 0.246 e. The van der Waals surface area contributed by atoms with Crippen LogP contribution in [0, 0.1) is 5.92 Å². The molecule has 0 aliphatic rings. The summed E-state index contributed by atoms with van der Waals surface area (Å²) in [6.07, 6.45) is -0.398. The summed E-state index contributed by atoms with van der Waals surface area (Å²) in [5.41, 5.74) is 5.02. The molecular weight excluding hydrogens is 142 g/mol. The molecule has 11 heavy (non-hydrogen) atoms. The molecule has 0 heterocycles. The van der Waals surface area contributed by atoms with E-state index in [0.717, 1.165) is 0 Å². The van der Waals surface area contributed by atoms with Gasteiger partial charge < -0.3 is 10.5 Å². The molecule has 2 atom stereocenters. The second kappa shape index (κ2) is 4.34. The van der Waals surface area contributed by atoms with Crippen LogP contribution in [0.4, 0.5) is 0 Å². The minimum atomic E-state index is -0.479. The molecule has 0 aliphatic carbocycles. The number of rotatable bonds is 4. The van der Waals surface area contributed by atoms with Crippen molar-refractivity contribution in [3.8, 4) is 0 Å². The Hall–Kier alpha value is -0.570. The van der Waals surface area contributed by atoms with Gasteiger partial charge in [0.2, 0.25) is 5.91 Å². The van der Waals surface area contributed by atoms with Gasteiger partial charge in [0.05, 0.1) is 6.10 Å². The van der Waals surface area contributed by atoms with Gasteiger partial charge in [-0.3, -0.25) is 4.79 Å². The lowest BCUT2D eigenvalue weighted by Gasteiger charge is -2.19. The van der Waals surface area contributed by atoms with Crippen LogP contribution in [0.25, 0.3) is 0 Å². The van der Waals surface area contributed by atoms with E-state index >= 15 is 0 Å². The predicted molar refractivity (Wildman–Crippen MR) is 44.0 cm³/mol. The highest BCUT2D eigenvalue weighted by Gasteiger charge is 2.15. The molecule has 2 N–H and O–H groups in total. The Balaban J connectivity index is 3.75. The molecule has 0 aliphatic heterocycles.